The van der Waals surface area contributed by atoms with E-state index >= 15 is 0 Å². The van der Waals surface area contributed by atoms with E-state index in [9.17, 15) is 4.79 Å². The van der Waals surface area contributed by atoms with Crippen LogP contribution in [0.3, 0.4) is 0 Å². The zero-order chi connectivity index (χ0) is 10.7. The third-order valence-electron chi connectivity index (χ3n) is 1.97. The van der Waals surface area contributed by atoms with E-state index in [0.717, 1.165) is 5.56 Å². The summed E-state index contributed by atoms with van der Waals surface area (Å²) >= 11 is 0. The van der Waals surface area contributed by atoms with Crippen LogP contribution in [-0.4, -0.2) is 16.2 Å². The highest BCUT2D eigenvalue weighted by atomic mass is 16.5. The molecule has 1 heterocycles. The van der Waals surface area contributed by atoms with Crippen LogP contribution in [0.4, 0.5) is 0 Å². The minimum Gasteiger partial charge on any atom is -0.404 e. The van der Waals surface area contributed by atoms with Gasteiger partial charge in [0.2, 0.25) is 5.88 Å². The lowest BCUT2D eigenvalue weighted by Crippen LogP contribution is -2.08. The summed E-state index contributed by atoms with van der Waals surface area (Å²) in [5, 5.41) is 6.24. The number of nitrogens with zero attached hydrogens (tertiary/aromatic N) is 1. The molecule has 0 aliphatic heterocycles. The van der Waals surface area contributed by atoms with Gasteiger partial charge in [0.05, 0.1) is 11.8 Å². The number of hydrogen-bond donors (Lipinski definition) is 1. The van der Waals surface area contributed by atoms with Crippen molar-refractivity contribution in [2.75, 3.05) is 0 Å². The van der Waals surface area contributed by atoms with Crippen LogP contribution in [0.2, 0.25) is 0 Å². The third kappa shape index (κ3) is 2.22. The van der Waals surface area contributed by atoms with Gasteiger partial charge in [-0.3, -0.25) is 0 Å². The first-order valence-electron chi connectivity index (χ1n) is 4.54. The van der Waals surface area contributed by atoms with E-state index in [1.165, 1.54) is 6.20 Å². The molecular formula is C11H10N2O2. The number of rotatable bonds is 2. The topological polar surface area (TPSA) is 55.0 Å². The van der Waals surface area contributed by atoms with Crippen molar-refractivity contribution in [2.45, 2.75) is 6.92 Å². The van der Waals surface area contributed by atoms with E-state index in [2.05, 4.69) is 10.2 Å². The zero-order valence-corrected chi connectivity index (χ0v) is 8.23. The summed E-state index contributed by atoms with van der Waals surface area (Å²) in [5.74, 6) is -0.0418. The molecule has 0 amide bonds. The van der Waals surface area contributed by atoms with Gasteiger partial charge in [0, 0.05) is 6.07 Å². The quantitative estimate of drug-likeness (QED) is 0.757. The molecule has 0 bridgehead atoms. The number of benzene rings is 1. The number of hydrogen-bond acceptors (Lipinski definition) is 3. The Bertz CT molecular complexity index is 446. The monoisotopic (exact) mass is 202 g/mol. The highest BCUT2D eigenvalue weighted by Crippen LogP contribution is 2.08. The number of carbonyl (C=O) groups excluding carboxylic acids is 1. The molecule has 76 valence electrons. The van der Waals surface area contributed by atoms with Gasteiger partial charge in [-0.25, -0.2) is 9.89 Å². The summed E-state index contributed by atoms with van der Waals surface area (Å²) in [6.07, 6.45) is 1.53. The second-order valence-electron chi connectivity index (χ2n) is 3.18. The van der Waals surface area contributed by atoms with Crippen LogP contribution in [0, 0.1) is 6.92 Å². The molecule has 0 unspecified atom stereocenters. The van der Waals surface area contributed by atoms with Gasteiger partial charge >= 0.3 is 5.97 Å². The summed E-state index contributed by atoms with van der Waals surface area (Å²) in [4.78, 5) is 11.6. The fourth-order valence-corrected chi connectivity index (χ4v) is 1.15. The maximum absolute atomic E-state index is 11.6. The molecule has 1 N–H and O–H groups in total. The van der Waals surface area contributed by atoms with Crippen molar-refractivity contribution in [3.05, 3.63) is 47.7 Å². The highest BCUT2D eigenvalue weighted by Gasteiger charge is 2.08. The molecule has 1 aromatic heterocycles. The number of H-pyrrole nitrogens is 1. The summed E-state index contributed by atoms with van der Waals surface area (Å²) in [7, 11) is 0. The zero-order valence-electron chi connectivity index (χ0n) is 8.23. The first-order valence-corrected chi connectivity index (χ1v) is 4.54. The second kappa shape index (κ2) is 3.96. The standard InChI is InChI=1S/C11H10N2O2/c1-8-2-4-9(5-3-8)11(14)15-10-6-7-12-13-10/h2-7H,1H3,(H,12,13). The molecule has 0 fully saturated rings. The van der Waals surface area contributed by atoms with Crippen molar-refractivity contribution in [3.8, 4) is 5.88 Å². The Morgan fingerprint density at radius 2 is 2.00 bits per heavy atom. The number of aromatic amines is 1. The smallest absolute Gasteiger partial charge is 0.344 e. The molecule has 4 nitrogen and oxygen atoms in total. The Kier molecular flexibility index (Phi) is 2.49. The SMILES string of the molecule is Cc1ccc(C(=O)Oc2ccn[nH]2)cc1. The van der Waals surface area contributed by atoms with Crippen LogP contribution in [0.25, 0.3) is 0 Å². The van der Waals surface area contributed by atoms with Crippen molar-refractivity contribution in [2.24, 2.45) is 0 Å². The van der Waals surface area contributed by atoms with Gasteiger partial charge in [0.15, 0.2) is 0 Å². The van der Waals surface area contributed by atoms with E-state index in [1.54, 1.807) is 18.2 Å². The van der Waals surface area contributed by atoms with Crippen LogP contribution < -0.4 is 4.74 Å². The van der Waals surface area contributed by atoms with E-state index in [0.29, 0.717) is 11.4 Å². The van der Waals surface area contributed by atoms with Crippen LogP contribution in [0.15, 0.2) is 36.5 Å². The van der Waals surface area contributed by atoms with Gasteiger partial charge in [0.1, 0.15) is 0 Å². The van der Waals surface area contributed by atoms with Crippen LogP contribution in [0.1, 0.15) is 15.9 Å². The Hall–Kier alpha value is -2.10. The van der Waals surface area contributed by atoms with Gasteiger partial charge in [-0.15, -0.1) is 0 Å². The van der Waals surface area contributed by atoms with Gasteiger partial charge in [-0.2, -0.15) is 5.10 Å². The van der Waals surface area contributed by atoms with E-state index in [-0.39, 0.29) is 5.97 Å². The van der Waals surface area contributed by atoms with Crippen LogP contribution in [0.5, 0.6) is 5.88 Å². The summed E-state index contributed by atoms with van der Waals surface area (Å²) in [5.41, 5.74) is 1.63. The Balaban J connectivity index is 2.11. The number of aryl methyl sites for hydroxylation is 1. The Morgan fingerprint density at radius 1 is 1.27 bits per heavy atom. The molecule has 15 heavy (non-hydrogen) atoms. The molecular weight excluding hydrogens is 192 g/mol. The van der Waals surface area contributed by atoms with E-state index < -0.39 is 0 Å². The number of carbonyl (C=O) groups is 1. The molecule has 0 aliphatic carbocycles. The van der Waals surface area contributed by atoms with Crippen molar-refractivity contribution < 1.29 is 9.53 Å². The molecule has 0 aliphatic rings. The van der Waals surface area contributed by atoms with E-state index in [1.807, 2.05) is 19.1 Å². The molecule has 4 heteroatoms. The molecule has 0 saturated carbocycles. The fourth-order valence-electron chi connectivity index (χ4n) is 1.15. The van der Waals surface area contributed by atoms with Gasteiger partial charge in [-0.05, 0) is 19.1 Å². The van der Waals surface area contributed by atoms with Gasteiger partial charge in [-0.1, -0.05) is 17.7 Å². The lowest BCUT2D eigenvalue weighted by atomic mass is 10.1. The third-order valence-corrected chi connectivity index (χ3v) is 1.97. The average Bonchev–Trinajstić information content (AvgIpc) is 2.71. The molecule has 1 aromatic carbocycles. The Labute approximate surface area is 86.9 Å². The average molecular weight is 202 g/mol. The summed E-state index contributed by atoms with van der Waals surface area (Å²) < 4.78 is 5.02. The highest BCUT2D eigenvalue weighted by molar-refractivity contribution is 5.90. The van der Waals surface area contributed by atoms with Gasteiger partial charge in [0.25, 0.3) is 0 Å². The largest absolute Gasteiger partial charge is 0.404 e. The fraction of sp³-hybridized carbons (Fsp3) is 0.0909. The maximum atomic E-state index is 11.6. The minimum atomic E-state index is -0.390. The lowest BCUT2D eigenvalue weighted by molar-refractivity contribution is 0.0727. The molecule has 0 atom stereocenters. The summed E-state index contributed by atoms with van der Waals surface area (Å²) in [6, 6.07) is 8.78. The molecule has 2 rings (SSSR count). The van der Waals surface area contributed by atoms with Gasteiger partial charge < -0.3 is 4.74 Å². The second-order valence-corrected chi connectivity index (χ2v) is 3.18. The number of aromatic nitrogens is 2. The van der Waals surface area contributed by atoms with E-state index in [4.69, 9.17) is 4.74 Å². The normalized spacial score (nSPS) is 9.93. The first kappa shape index (κ1) is 9.45. The Morgan fingerprint density at radius 3 is 2.60 bits per heavy atom. The van der Waals surface area contributed by atoms with Crippen molar-refractivity contribution in [1.29, 1.82) is 0 Å². The lowest BCUT2D eigenvalue weighted by Gasteiger charge is -2.01. The molecule has 0 spiro atoms. The minimum absolute atomic E-state index is 0.348. The van der Waals surface area contributed by atoms with Crippen molar-refractivity contribution >= 4 is 5.97 Å². The van der Waals surface area contributed by atoms with Crippen molar-refractivity contribution in [1.82, 2.24) is 10.2 Å². The molecule has 0 radical (unpaired) electrons. The maximum Gasteiger partial charge on any atom is 0.344 e. The number of esters is 1. The summed E-state index contributed by atoms with van der Waals surface area (Å²) in [6.45, 7) is 1.96. The van der Waals surface area contributed by atoms with Crippen LogP contribution >= 0.6 is 0 Å². The molecule has 2 aromatic rings. The predicted octanol–water partition coefficient (Wildman–Crippen LogP) is 1.94. The number of ether oxygens (including phenoxy) is 1. The predicted molar refractivity (Wildman–Crippen MR) is 54.7 cm³/mol. The van der Waals surface area contributed by atoms with Crippen molar-refractivity contribution in [3.63, 3.8) is 0 Å². The molecule has 0 saturated heterocycles. The number of nitrogens with one attached hydrogen (secondary N) is 1. The first-order chi connectivity index (χ1) is 7.25. The van der Waals surface area contributed by atoms with Crippen LogP contribution in [-0.2, 0) is 0 Å².